The molecule has 0 heterocycles. The van der Waals surface area contributed by atoms with E-state index in [1.165, 1.54) is 0 Å². The molecule has 0 fully saturated rings. The van der Waals surface area contributed by atoms with Gasteiger partial charge in [0.2, 0.25) is 0 Å². The normalized spacial score (nSPS) is 12.2. The van der Waals surface area contributed by atoms with Crippen molar-refractivity contribution in [1.29, 1.82) is 0 Å². The van der Waals surface area contributed by atoms with E-state index in [9.17, 15) is 5.11 Å². The molecule has 106 valence electrons. The van der Waals surface area contributed by atoms with Crippen molar-refractivity contribution in [3.05, 3.63) is 62.5 Å². The van der Waals surface area contributed by atoms with E-state index in [0.717, 1.165) is 32.2 Å². The Hall–Kier alpha value is -0.840. The Labute approximate surface area is 136 Å². The number of ether oxygens (including phenoxy) is 1. The minimum Gasteiger partial charge on any atom is -0.496 e. The van der Waals surface area contributed by atoms with Crippen molar-refractivity contribution in [2.45, 2.75) is 12.3 Å². The molecule has 2 rings (SSSR count). The highest BCUT2D eigenvalue weighted by atomic mass is 79.9. The zero-order valence-corrected chi connectivity index (χ0v) is 14.3. The van der Waals surface area contributed by atoms with Crippen molar-refractivity contribution in [3.63, 3.8) is 0 Å². The van der Waals surface area contributed by atoms with E-state index in [1.807, 2.05) is 42.5 Å². The number of halogens is 2. The lowest BCUT2D eigenvalue weighted by atomic mass is 9.93. The van der Waals surface area contributed by atoms with Crippen LogP contribution in [0.1, 0.15) is 17.0 Å². The number of aliphatic hydroxyl groups excluding tert-OH is 1. The van der Waals surface area contributed by atoms with Crippen LogP contribution in [0.5, 0.6) is 5.75 Å². The van der Waals surface area contributed by atoms with E-state index in [0.29, 0.717) is 0 Å². The van der Waals surface area contributed by atoms with Crippen LogP contribution in [0.2, 0.25) is 0 Å². The smallest absolute Gasteiger partial charge is 0.133 e. The molecule has 0 amide bonds. The fraction of sp³-hybridized carbons (Fsp3) is 0.250. The molecule has 1 N–H and O–H groups in total. The highest BCUT2D eigenvalue weighted by molar-refractivity contribution is 9.10. The zero-order chi connectivity index (χ0) is 14.5. The molecule has 0 spiro atoms. The van der Waals surface area contributed by atoms with Crippen molar-refractivity contribution < 1.29 is 9.84 Å². The molecule has 0 saturated carbocycles. The second-order valence-electron chi connectivity index (χ2n) is 4.57. The van der Waals surface area contributed by atoms with Gasteiger partial charge >= 0.3 is 0 Å². The summed E-state index contributed by atoms with van der Waals surface area (Å²) in [5.41, 5.74) is 2.29. The molecular weight excluding hydrogens is 384 g/mol. The molecule has 2 aromatic rings. The molecule has 0 bridgehead atoms. The molecule has 2 aromatic carbocycles. The number of hydrogen-bond acceptors (Lipinski definition) is 2. The fourth-order valence-electron chi connectivity index (χ4n) is 2.20. The Bertz CT molecular complexity index is 584. The molecule has 0 saturated heterocycles. The maximum Gasteiger partial charge on any atom is 0.133 e. The van der Waals surface area contributed by atoms with Crippen molar-refractivity contribution in [2.24, 2.45) is 0 Å². The first kappa shape index (κ1) is 15.5. The van der Waals surface area contributed by atoms with Gasteiger partial charge in [-0.1, -0.05) is 40.2 Å². The van der Waals surface area contributed by atoms with E-state index in [1.54, 1.807) is 7.11 Å². The standard InChI is InChI=1S/C16H16Br2O2/c1-20-16-7-6-11(9-15(16)18)8-12(10-19)13-4-2-3-5-14(13)17/h2-7,9,12,19H,8,10H2,1H3. The number of methoxy groups -OCH3 is 1. The van der Waals surface area contributed by atoms with Crippen LogP contribution in [0, 0.1) is 0 Å². The van der Waals surface area contributed by atoms with E-state index < -0.39 is 0 Å². The van der Waals surface area contributed by atoms with Gasteiger partial charge in [-0.15, -0.1) is 0 Å². The minimum absolute atomic E-state index is 0.0749. The fourth-order valence-corrected chi connectivity index (χ4v) is 3.40. The van der Waals surface area contributed by atoms with Gasteiger partial charge in [0.05, 0.1) is 18.2 Å². The third-order valence-electron chi connectivity index (χ3n) is 3.26. The summed E-state index contributed by atoms with van der Waals surface area (Å²) in [5.74, 6) is 0.890. The predicted molar refractivity (Wildman–Crippen MR) is 88.4 cm³/mol. The molecule has 1 unspecified atom stereocenters. The summed E-state index contributed by atoms with van der Waals surface area (Å²) in [5, 5.41) is 9.68. The van der Waals surface area contributed by atoms with Gasteiger partial charge in [-0.25, -0.2) is 0 Å². The summed E-state index contributed by atoms with van der Waals surface area (Å²) < 4.78 is 7.20. The molecular formula is C16H16Br2O2. The summed E-state index contributed by atoms with van der Waals surface area (Å²) >= 11 is 7.04. The maximum absolute atomic E-state index is 9.68. The summed E-state index contributed by atoms with van der Waals surface area (Å²) in [6.45, 7) is 0.117. The Morgan fingerprint density at radius 2 is 1.85 bits per heavy atom. The first-order valence-electron chi connectivity index (χ1n) is 6.33. The molecule has 0 aliphatic rings. The van der Waals surface area contributed by atoms with Gasteiger partial charge in [0.1, 0.15) is 5.75 Å². The molecule has 0 aliphatic carbocycles. The van der Waals surface area contributed by atoms with Crippen LogP contribution in [0.25, 0.3) is 0 Å². The second kappa shape index (κ2) is 7.25. The monoisotopic (exact) mass is 398 g/mol. The van der Waals surface area contributed by atoms with Crippen LogP contribution >= 0.6 is 31.9 Å². The summed E-state index contributed by atoms with van der Waals surface area (Å²) in [6, 6.07) is 14.0. The van der Waals surface area contributed by atoms with Crippen LogP contribution in [-0.4, -0.2) is 18.8 Å². The van der Waals surface area contributed by atoms with E-state index in [2.05, 4.69) is 31.9 Å². The Morgan fingerprint density at radius 1 is 1.10 bits per heavy atom. The molecule has 1 atom stereocenters. The Balaban J connectivity index is 2.23. The van der Waals surface area contributed by atoms with Crippen LogP contribution in [0.4, 0.5) is 0 Å². The molecule has 0 aromatic heterocycles. The highest BCUT2D eigenvalue weighted by Gasteiger charge is 2.14. The second-order valence-corrected chi connectivity index (χ2v) is 6.28. The van der Waals surface area contributed by atoms with Gasteiger partial charge in [-0.3, -0.25) is 0 Å². The largest absolute Gasteiger partial charge is 0.496 e. The predicted octanol–water partition coefficient (Wildman–Crippen LogP) is 4.54. The number of benzene rings is 2. The summed E-state index contributed by atoms with van der Waals surface area (Å²) in [4.78, 5) is 0. The lowest BCUT2D eigenvalue weighted by Gasteiger charge is -2.17. The van der Waals surface area contributed by atoms with E-state index >= 15 is 0 Å². The summed E-state index contributed by atoms with van der Waals surface area (Å²) in [6.07, 6.45) is 0.779. The SMILES string of the molecule is COc1ccc(CC(CO)c2ccccc2Br)cc1Br. The first-order valence-corrected chi connectivity index (χ1v) is 7.92. The minimum atomic E-state index is 0.0749. The molecule has 4 heteroatoms. The van der Waals surface area contributed by atoms with Gasteiger partial charge in [0, 0.05) is 10.4 Å². The average molecular weight is 400 g/mol. The van der Waals surface area contributed by atoms with Gasteiger partial charge in [0.15, 0.2) is 0 Å². The zero-order valence-electron chi connectivity index (χ0n) is 11.1. The molecule has 20 heavy (non-hydrogen) atoms. The van der Waals surface area contributed by atoms with Crippen molar-refractivity contribution >= 4 is 31.9 Å². The lowest BCUT2D eigenvalue weighted by molar-refractivity contribution is 0.264. The van der Waals surface area contributed by atoms with Gasteiger partial charge in [-0.05, 0) is 51.7 Å². The Kier molecular flexibility index (Phi) is 5.64. The quantitative estimate of drug-likeness (QED) is 0.799. The van der Waals surface area contributed by atoms with Gasteiger partial charge in [-0.2, -0.15) is 0 Å². The van der Waals surface area contributed by atoms with E-state index in [-0.39, 0.29) is 12.5 Å². The molecule has 0 radical (unpaired) electrons. The van der Waals surface area contributed by atoms with Gasteiger partial charge in [0.25, 0.3) is 0 Å². The number of aliphatic hydroxyl groups is 1. The third-order valence-corrected chi connectivity index (χ3v) is 4.61. The van der Waals surface area contributed by atoms with Crippen LogP contribution in [0.3, 0.4) is 0 Å². The number of hydrogen-bond donors (Lipinski definition) is 1. The lowest BCUT2D eigenvalue weighted by Crippen LogP contribution is -2.08. The maximum atomic E-state index is 9.68. The van der Waals surface area contributed by atoms with Crippen LogP contribution in [0.15, 0.2) is 51.4 Å². The molecule has 0 aliphatic heterocycles. The number of rotatable bonds is 5. The average Bonchev–Trinajstić information content (AvgIpc) is 2.46. The van der Waals surface area contributed by atoms with Crippen molar-refractivity contribution in [1.82, 2.24) is 0 Å². The van der Waals surface area contributed by atoms with Crippen molar-refractivity contribution in [3.8, 4) is 5.75 Å². The van der Waals surface area contributed by atoms with Crippen molar-refractivity contribution in [2.75, 3.05) is 13.7 Å². The molecule has 2 nitrogen and oxygen atoms in total. The topological polar surface area (TPSA) is 29.5 Å². The Morgan fingerprint density at radius 3 is 2.45 bits per heavy atom. The van der Waals surface area contributed by atoms with Crippen LogP contribution < -0.4 is 4.74 Å². The van der Waals surface area contributed by atoms with Crippen LogP contribution in [-0.2, 0) is 6.42 Å². The third kappa shape index (κ3) is 3.62. The summed E-state index contributed by atoms with van der Waals surface area (Å²) in [7, 11) is 1.65. The first-order chi connectivity index (χ1) is 9.65. The van der Waals surface area contributed by atoms with Gasteiger partial charge < -0.3 is 9.84 Å². The highest BCUT2D eigenvalue weighted by Crippen LogP contribution is 2.30. The van der Waals surface area contributed by atoms with E-state index in [4.69, 9.17) is 4.74 Å².